The van der Waals surface area contributed by atoms with Crippen molar-refractivity contribution in [1.29, 1.82) is 0 Å². The molecule has 1 N–H and O–H groups in total. The number of amidine groups is 1. The van der Waals surface area contributed by atoms with Crippen molar-refractivity contribution in [3.8, 4) is 0 Å². The van der Waals surface area contributed by atoms with E-state index in [4.69, 9.17) is 0 Å². The molecule has 0 bridgehead atoms. The first-order valence-electron chi connectivity index (χ1n) is 9.18. The molecule has 0 aromatic heterocycles. The highest BCUT2D eigenvalue weighted by Gasteiger charge is 2.38. The lowest BCUT2D eigenvalue weighted by atomic mass is 10.1. The van der Waals surface area contributed by atoms with Crippen LogP contribution >= 0.6 is 11.8 Å². The Balaban J connectivity index is 1.76. The van der Waals surface area contributed by atoms with Crippen LogP contribution < -0.4 is 5.32 Å². The van der Waals surface area contributed by atoms with Gasteiger partial charge >= 0.3 is 0 Å². The van der Waals surface area contributed by atoms with Crippen LogP contribution in [0.3, 0.4) is 0 Å². The summed E-state index contributed by atoms with van der Waals surface area (Å²) in [5.41, 5.74) is 3.11. The highest BCUT2D eigenvalue weighted by atomic mass is 32.2. The first-order chi connectivity index (χ1) is 13.9. The molecule has 7 heteroatoms. The Morgan fingerprint density at radius 2 is 2.03 bits per heavy atom. The van der Waals surface area contributed by atoms with Gasteiger partial charge in [-0.1, -0.05) is 36.0 Å². The molecule has 5 nitrogen and oxygen atoms in total. The second kappa shape index (κ2) is 9.05. The van der Waals surface area contributed by atoms with Crippen LogP contribution in [0.1, 0.15) is 17.5 Å². The maximum absolute atomic E-state index is 13.7. The second-order valence-corrected chi connectivity index (χ2v) is 7.91. The highest BCUT2D eigenvalue weighted by molar-refractivity contribution is 8.15. The van der Waals surface area contributed by atoms with Gasteiger partial charge in [0.2, 0.25) is 11.8 Å². The predicted octanol–water partition coefficient (Wildman–Crippen LogP) is 4.59. The highest BCUT2D eigenvalue weighted by Crippen LogP contribution is 2.32. The van der Waals surface area contributed by atoms with Gasteiger partial charge in [0.1, 0.15) is 11.1 Å². The number of carbonyl (C=O) groups is 2. The van der Waals surface area contributed by atoms with Crippen LogP contribution in [0.15, 0.2) is 60.1 Å². The summed E-state index contributed by atoms with van der Waals surface area (Å²) in [6.45, 7) is 8.03. The number of benzene rings is 2. The van der Waals surface area contributed by atoms with Crippen LogP contribution in [0.4, 0.5) is 15.8 Å². The smallest absolute Gasteiger partial charge is 0.242 e. The lowest BCUT2D eigenvalue weighted by molar-refractivity contribution is -0.127. The zero-order valence-corrected chi connectivity index (χ0v) is 17.1. The van der Waals surface area contributed by atoms with E-state index >= 15 is 0 Å². The van der Waals surface area contributed by atoms with Crippen molar-refractivity contribution in [1.82, 2.24) is 4.90 Å². The maximum atomic E-state index is 13.7. The molecule has 1 aliphatic heterocycles. The Morgan fingerprint density at radius 3 is 2.72 bits per heavy atom. The third kappa shape index (κ3) is 4.92. The molecule has 0 radical (unpaired) electrons. The van der Waals surface area contributed by atoms with Gasteiger partial charge in [-0.05, 0) is 49.2 Å². The van der Waals surface area contributed by atoms with Crippen molar-refractivity contribution in [3.05, 3.63) is 72.1 Å². The molecular formula is C22H22FN3O2S. The van der Waals surface area contributed by atoms with E-state index in [0.717, 1.165) is 16.8 Å². The SMILES string of the molecule is C=CCN1C(=O)C(CC(=O)Nc2ccccc2F)SC1=Nc1ccc(C)c(C)c1. The predicted molar refractivity (Wildman–Crippen MR) is 116 cm³/mol. The van der Waals surface area contributed by atoms with Gasteiger partial charge in [-0.3, -0.25) is 14.5 Å². The van der Waals surface area contributed by atoms with E-state index in [2.05, 4.69) is 16.9 Å². The Bertz CT molecular complexity index is 990. The molecule has 0 saturated carbocycles. The number of hydrogen-bond acceptors (Lipinski definition) is 4. The molecule has 1 saturated heterocycles. The zero-order chi connectivity index (χ0) is 21.0. The minimum Gasteiger partial charge on any atom is -0.324 e. The molecule has 29 heavy (non-hydrogen) atoms. The first kappa shape index (κ1) is 20.8. The summed E-state index contributed by atoms with van der Waals surface area (Å²) in [7, 11) is 0. The average molecular weight is 412 g/mol. The lowest BCUT2D eigenvalue weighted by Crippen LogP contribution is -2.33. The third-order valence-electron chi connectivity index (χ3n) is 4.57. The van der Waals surface area contributed by atoms with Gasteiger partial charge in [-0.2, -0.15) is 0 Å². The van der Waals surface area contributed by atoms with Gasteiger partial charge < -0.3 is 5.32 Å². The number of halogens is 1. The monoisotopic (exact) mass is 411 g/mol. The van der Waals surface area contributed by atoms with E-state index in [1.807, 2.05) is 32.0 Å². The Labute approximate surface area is 173 Å². The quantitative estimate of drug-likeness (QED) is 0.708. The van der Waals surface area contributed by atoms with E-state index < -0.39 is 17.0 Å². The molecule has 2 aromatic carbocycles. The molecule has 150 valence electrons. The minimum atomic E-state index is -0.619. The number of carbonyl (C=O) groups excluding carboxylic acids is 2. The van der Waals surface area contributed by atoms with Gasteiger partial charge in [-0.25, -0.2) is 9.38 Å². The number of nitrogens with one attached hydrogen (secondary N) is 1. The van der Waals surface area contributed by atoms with Crippen molar-refractivity contribution < 1.29 is 14.0 Å². The fraction of sp³-hybridized carbons (Fsp3) is 0.227. The van der Waals surface area contributed by atoms with Gasteiger partial charge in [0.15, 0.2) is 5.17 Å². The number of nitrogens with zero attached hydrogens (tertiary/aromatic N) is 2. The summed E-state index contributed by atoms with van der Waals surface area (Å²) >= 11 is 1.24. The van der Waals surface area contributed by atoms with Crippen LogP contribution in [0.5, 0.6) is 0 Å². The average Bonchev–Trinajstić information content (AvgIpc) is 2.95. The van der Waals surface area contributed by atoms with Gasteiger partial charge in [0.25, 0.3) is 0 Å². The number of hydrogen-bond donors (Lipinski definition) is 1. The molecule has 0 aliphatic carbocycles. The second-order valence-electron chi connectivity index (χ2n) is 6.74. The standard InChI is InChI=1S/C22H22FN3O2S/c1-4-11-26-21(28)19(13-20(27)25-18-8-6-5-7-17(18)23)29-22(26)24-16-10-9-14(2)15(3)12-16/h4-10,12,19H,1,11,13H2,2-3H3,(H,25,27). The molecule has 1 heterocycles. The van der Waals surface area contributed by atoms with E-state index in [9.17, 15) is 14.0 Å². The van der Waals surface area contributed by atoms with Crippen molar-refractivity contribution in [2.24, 2.45) is 4.99 Å². The molecule has 1 fully saturated rings. The summed E-state index contributed by atoms with van der Waals surface area (Å²) in [5.74, 6) is -1.15. The summed E-state index contributed by atoms with van der Waals surface area (Å²) in [5, 5.41) is 2.44. The van der Waals surface area contributed by atoms with Crippen LogP contribution in [0.2, 0.25) is 0 Å². The van der Waals surface area contributed by atoms with E-state index in [1.54, 1.807) is 18.2 Å². The van der Waals surface area contributed by atoms with Gasteiger partial charge in [0, 0.05) is 13.0 Å². The molecule has 2 amide bonds. The lowest BCUT2D eigenvalue weighted by Gasteiger charge is -2.14. The minimum absolute atomic E-state index is 0.0720. The molecular weight excluding hydrogens is 389 g/mol. The molecule has 1 atom stereocenters. The number of amides is 2. The zero-order valence-electron chi connectivity index (χ0n) is 16.3. The van der Waals surface area contributed by atoms with Gasteiger partial charge in [0.05, 0.1) is 11.4 Å². The van der Waals surface area contributed by atoms with Crippen LogP contribution in [-0.2, 0) is 9.59 Å². The van der Waals surface area contributed by atoms with Crippen molar-refractivity contribution in [3.63, 3.8) is 0 Å². The first-order valence-corrected chi connectivity index (χ1v) is 10.1. The molecule has 1 unspecified atom stereocenters. The summed E-state index contributed by atoms with van der Waals surface area (Å²) in [4.78, 5) is 31.3. The normalized spacial score (nSPS) is 17.6. The van der Waals surface area contributed by atoms with E-state index in [1.165, 1.54) is 28.8 Å². The number of aliphatic imine (C=N–C) groups is 1. The van der Waals surface area contributed by atoms with E-state index in [0.29, 0.717) is 11.7 Å². The topological polar surface area (TPSA) is 61.8 Å². The summed E-state index contributed by atoms with van der Waals surface area (Å²) in [6.07, 6.45) is 1.55. The Hall–Kier alpha value is -2.93. The van der Waals surface area contributed by atoms with Crippen molar-refractivity contribution in [2.45, 2.75) is 25.5 Å². The summed E-state index contributed by atoms with van der Waals surface area (Å²) in [6, 6.07) is 11.8. The Kier molecular flexibility index (Phi) is 6.49. The fourth-order valence-corrected chi connectivity index (χ4v) is 4.03. The number of anilines is 1. The molecule has 3 rings (SSSR count). The van der Waals surface area contributed by atoms with Gasteiger partial charge in [-0.15, -0.1) is 6.58 Å². The van der Waals surface area contributed by atoms with Crippen LogP contribution in [0, 0.1) is 19.7 Å². The van der Waals surface area contributed by atoms with Crippen molar-refractivity contribution in [2.75, 3.05) is 11.9 Å². The van der Waals surface area contributed by atoms with Crippen LogP contribution in [-0.4, -0.2) is 33.7 Å². The maximum Gasteiger partial charge on any atom is 0.242 e. The largest absolute Gasteiger partial charge is 0.324 e. The number of aryl methyl sites for hydroxylation is 2. The molecule has 0 spiro atoms. The third-order valence-corrected chi connectivity index (χ3v) is 5.74. The molecule has 2 aromatic rings. The number of thioether (sulfide) groups is 1. The van der Waals surface area contributed by atoms with E-state index in [-0.39, 0.29) is 18.0 Å². The summed E-state index contributed by atoms with van der Waals surface area (Å²) < 4.78 is 13.7. The Morgan fingerprint density at radius 1 is 1.28 bits per heavy atom. The van der Waals surface area contributed by atoms with Crippen LogP contribution in [0.25, 0.3) is 0 Å². The fourth-order valence-electron chi connectivity index (χ4n) is 2.86. The number of rotatable bonds is 6. The molecule has 1 aliphatic rings. The van der Waals surface area contributed by atoms with Crippen molar-refractivity contribution >= 4 is 40.1 Å². The number of para-hydroxylation sites is 1.